The van der Waals surface area contributed by atoms with Gasteiger partial charge >= 0.3 is 0 Å². The number of aliphatic hydroxyl groups is 4. The van der Waals surface area contributed by atoms with Crippen LogP contribution in [0.5, 0.6) is 0 Å². The Labute approximate surface area is 171 Å². The summed E-state index contributed by atoms with van der Waals surface area (Å²) in [5.41, 5.74) is 22.9. The molecule has 0 bridgehead atoms. The van der Waals surface area contributed by atoms with Crippen molar-refractivity contribution in [3.8, 4) is 0 Å². The highest BCUT2D eigenvalue weighted by Gasteiger charge is 2.23. The second kappa shape index (κ2) is 9.80. The molecule has 2 aromatic carbocycles. The minimum atomic E-state index is -0.898. The van der Waals surface area contributed by atoms with Crippen molar-refractivity contribution < 1.29 is 20.4 Å². The first-order valence-electron chi connectivity index (χ1n) is 9.63. The van der Waals surface area contributed by atoms with Gasteiger partial charge in [-0.05, 0) is 50.1 Å². The van der Waals surface area contributed by atoms with Crippen LogP contribution in [0.1, 0.15) is 48.3 Å². The quantitative estimate of drug-likeness (QED) is 0.305. The van der Waals surface area contributed by atoms with E-state index in [1.54, 1.807) is 32.0 Å². The summed E-state index contributed by atoms with van der Waals surface area (Å²) < 4.78 is 0. The van der Waals surface area contributed by atoms with Crippen LogP contribution in [0.4, 0.5) is 22.7 Å². The predicted octanol–water partition coefficient (Wildman–Crippen LogP) is 1.07. The molecule has 0 heterocycles. The zero-order valence-electron chi connectivity index (χ0n) is 17.0. The van der Waals surface area contributed by atoms with E-state index in [1.807, 2.05) is 11.0 Å². The van der Waals surface area contributed by atoms with E-state index >= 15 is 0 Å². The number of hydrogen-bond donors (Lipinski definition) is 7. The van der Waals surface area contributed by atoms with Gasteiger partial charge in [-0.25, -0.2) is 0 Å². The Morgan fingerprint density at radius 3 is 2.21 bits per heavy atom. The lowest BCUT2D eigenvalue weighted by Crippen LogP contribution is -2.29. The van der Waals surface area contributed by atoms with Gasteiger partial charge in [-0.2, -0.15) is 0 Å². The SMILES string of the molecule is CC(O)c1cc(N)c(CN(CCO)c2ccc(N)cc2CCO)c(C(C)O)c1N. The maximum atomic E-state index is 10.4. The predicted molar refractivity (Wildman–Crippen MR) is 116 cm³/mol. The van der Waals surface area contributed by atoms with Crippen molar-refractivity contribution in [2.75, 3.05) is 41.9 Å². The number of nitrogen functional groups attached to an aromatic ring is 3. The van der Waals surface area contributed by atoms with Crippen molar-refractivity contribution in [3.63, 3.8) is 0 Å². The van der Waals surface area contributed by atoms with Crippen molar-refractivity contribution >= 4 is 22.7 Å². The van der Waals surface area contributed by atoms with E-state index in [4.69, 9.17) is 17.2 Å². The maximum absolute atomic E-state index is 10.4. The van der Waals surface area contributed by atoms with Gasteiger partial charge in [0.15, 0.2) is 0 Å². The van der Waals surface area contributed by atoms with E-state index in [0.717, 1.165) is 11.3 Å². The zero-order chi connectivity index (χ0) is 21.7. The summed E-state index contributed by atoms with van der Waals surface area (Å²) in [5.74, 6) is 0. The van der Waals surface area contributed by atoms with Gasteiger partial charge < -0.3 is 42.5 Å². The normalized spacial score (nSPS) is 13.3. The van der Waals surface area contributed by atoms with Crippen LogP contribution in [0.15, 0.2) is 24.3 Å². The minimum absolute atomic E-state index is 0.0412. The molecule has 2 aromatic rings. The lowest BCUT2D eigenvalue weighted by molar-refractivity contribution is 0.193. The molecular formula is C21H32N4O4. The van der Waals surface area contributed by atoms with Crippen LogP contribution in [0.3, 0.4) is 0 Å². The number of anilines is 4. The highest BCUT2D eigenvalue weighted by Crippen LogP contribution is 2.37. The Balaban J connectivity index is 2.58. The van der Waals surface area contributed by atoms with Crippen LogP contribution >= 0.6 is 0 Å². The summed E-state index contributed by atoms with van der Waals surface area (Å²) >= 11 is 0. The van der Waals surface area contributed by atoms with Crippen LogP contribution in [0.25, 0.3) is 0 Å². The van der Waals surface area contributed by atoms with Gasteiger partial charge in [-0.3, -0.25) is 0 Å². The molecule has 2 unspecified atom stereocenters. The van der Waals surface area contributed by atoms with Crippen LogP contribution in [0, 0.1) is 0 Å². The summed E-state index contributed by atoms with van der Waals surface area (Å²) in [5, 5.41) is 39.4. The second-order valence-electron chi connectivity index (χ2n) is 7.22. The molecule has 2 atom stereocenters. The number of hydrogen-bond acceptors (Lipinski definition) is 8. The highest BCUT2D eigenvalue weighted by molar-refractivity contribution is 5.69. The maximum Gasteiger partial charge on any atom is 0.0786 e. The molecule has 0 fully saturated rings. The molecule has 0 aliphatic carbocycles. The molecule has 8 heteroatoms. The van der Waals surface area contributed by atoms with Gasteiger partial charge in [0, 0.05) is 59.1 Å². The Hall–Kier alpha value is -2.52. The molecule has 0 aliphatic heterocycles. The standard InChI is InChI=1S/C21H32N4O4/c1-12(28)16-10-18(23)17(20(13(2)29)21(16)24)11-25(6-8-27)19-4-3-15(22)9-14(19)5-7-26/h3-4,9-10,12-13,26-29H,5-8,11,22-24H2,1-2H3. The molecule has 0 saturated heterocycles. The highest BCUT2D eigenvalue weighted by atomic mass is 16.3. The first-order chi connectivity index (χ1) is 13.7. The van der Waals surface area contributed by atoms with Crippen LogP contribution in [-0.2, 0) is 13.0 Å². The fraction of sp³-hybridized carbons (Fsp3) is 0.429. The van der Waals surface area contributed by atoms with Crippen molar-refractivity contribution in [3.05, 3.63) is 46.5 Å². The first kappa shape index (κ1) is 22.8. The molecular weight excluding hydrogens is 372 g/mol. The summed E-state index contributed by atoms with van der Waals surface area (Å²) in [7, 11) is 0. The molecule has 10 N–H and O–H groups in total. The zero-order valence-corrected chi connectivity index (χ0v) is 17.0. The largest absolute Gasteiger partial charge is 0.399 e. The molecule has 0 spiro atoms. The third kappa shape index (κ3) is 5.10. The molecule has 0 amide bonds. The van der Waals surface area contributed by atoms with E-state index in [1.165, 1.54) is 0 Å². The van der Waals surface area contributed by atoms with Crippen LogP contribution in [-0.4, -0.2) is 40.2 Å². The Morgan fingerprint density at radius 2 is 1.66 bits per heavy atom. The first-order valence-corrected chi connectivity index (χ1v) is 9.63. The molecule has 8 nitrogen and oxygen atoms in total. The molecule has 0 aliphatic rings. The molecule has 0 aromatic heterocycles. The van der Waals surface area contributed by atoms with Crippen LogP contribution < -0.4 is 22.1 Å². The Bertz CT molecular complexity index is 840. The topological polar surface area (TPSA) is 162 Å². The summed E-state index contributed by atoms with van der Waals surface area (Å²) in [6, 6.07) is 7.00. The van der Waals surface area contributed by atoms with Crippen LogP contribution in [0.2, 0.25) is 0 Å². The smallest absolute Gasteiger partial charge is 0.0786 e. The number of rotatable bonds is 9. The second-order valence-corrected chi connectivity index (χ2v) is 7.22. The van der Waals surface area contributed by atoms with E-state index < -0.39 is 12.2 Å². The van der Waals surface area contributed by atoms with Gasteiger partial charge in [0.05, 0.1) is 18.8 Å². The summed E-state index contributed by atoms with van der Waals surface area (Å²) in [4.78, 5) is 1.91. The Kier molecular flexibility index (Phi) is 7.69. The van der Waals surface area contributed by atoms with E-state index in [-0.39, 0.29) is 19.8 Å². The van der Waals surface area contributed by atoms with Gasteiger partial charge in [-0.1, -0.05) is 0 Å². The third-order valence-corrected chi connectivity index (χ3v) is 5.00. The number of nitrogens with two attached hydrogens (primary N) is 3. The van der Waals surface area contributed by atoms with E-state index in [9.17, 15) is 20.4 Å². The van der Waals surface area contributed by atoms with E-state index in [2.05, 4.69) is 0 Å². The fourth-order valence-electron chi connectivity index (χ4n) is 3.64. The van der Waals surface area contributed by atoms with Gasteiger partial charge in [0.2, 0.25) is 0 Å². The average molecular weight is 405 g/mol. The molecule has 0 saturated carbocycles. The average Bonchev–Trinajstić information content (AvgIpc) is 2.64. The minimum Gasteiger partial charge on any atom is -0.399 e. The summed E-state index contributed by atoms with van der Waals surface area (Å²) in [6.07, 6.45) is -1.32. The van der Waals surface area contributed by atoms with E-state index in [0.29, 0.717) is 46.7 Å². The third-order valence-electron chi connectivity index (χ3n) is 5.00. The molecule has 29 heavy (non-hydrogen) atoms. The fourth-order valence-corrected chi connectivity index (χ4v) is 3.64. The van der Waals surface area contributed by atoms with Gasteiger partial charge in [0.25, 0.3) is 0 Å². The Morgan fingerprint density at radius 1 is 0.966 bits per heavy atom. The number of aliphatic hydroxyl groups excluding tert-OH is 4. The van der Waals surface area contributed by atoms with Crippen molar-refractivity contribution in [2.45, 2.75) is 39.0 Å². The summed E-state index contributed by atoms with van der Waals surface area (Å²) in [6.45, 7) is 3.62. The number of nitrogens with zero attached hydrogens (tertiary/aromatic N) is 1. The van der Waals surface area contributed by atoms with Gasteiger partial charge in [0.1, 0.15) is 0 Å². The number of benzene rings is 2. The monoisotopic (exact) mass is 404 g/mol. The molecule has 2 rings (SSSR count). The van der Waals surface area contributed by atoms with Crippen molar-refractivity contribution in [2.24, 2.45) is 0 Å². The van der Waals surface area contributed by atoms with Gasteiger partial charge in [-0.15, -0.1) is 0 Å². The van der Waals surface area contributed by atoms with Crippen molar-refractivity contribution in [1.82, 2.24) is 0 Å². The molecule has 0 radical (unpaired) electrons. The molecule has 160 valence electrons. The lowest BCUT2D eigenvalue weighted by atomic mass is 9.93. The van der Waals surface area contributed by atoms with Crippen molar-refractivity contribution in [1.29, 1.82) is 0 Å². The lowest BCUT2D eigenvalue weighted by Gasteiger charge is -2.30.